The largest absolute Gasteiger partial charge is 0.376 e. The van der Waals surface area contributed by atoms with E-state index in [-0.39, 0.29) is 29.5 Å². The van der Waals surface area contributed by atoms with Crippen LogP contribution in [-0.4, -0.2) is 41.3 Å². The molecule has 3 rings (SSSR count). The van der Waals surface area contributed by atoms with Gasteiger partial charge in [-0.2, -0.15) is 5.10 Å². The van der Waals surface area contributed by atoms with Crippen molar-refractivity contribution in [1.29, 1.82) is 0 Å². The second-order valence-corrected chi connectivity index (χ2v) is 7.59. The zero-order valence-electron chi connectivity index (χ0n) is 15.3. The van der Waals surface area contributed by atoms with Crippen molar-refractivity contribution in [2.24, 2.45) is 0 Å². The molecular weight excluding hydrogens is 412 g/mol. The average Bonchev–Trinajstić information content (AvgIpc) is 3.29. The molecule has 27 heavy (non-hydrogen) atoms. The van der Waals surface area contributed by atoms with E-state index in [1.165, 1.54) is 0 Å². The molecule has 3 N–H and O–H groups in total. The minimum absolute atomic E-state index is 0.0603. The molecule has 0 spiro atoms. The molecular formula is C19H23BrN4O3. The Kier molecular flexibility index (Phi) is 6.28. The summed E-state index contributed by atoms with van der Waals surface area (Å²) in [7, 11) is 0. The summed E-state index contributed by atoms with van der Waals surface area (Å²) in [6, 6.07) is 6.91. The first kappa shape index (κ1) is 19.6. The third-order valence-electron chi connectivity index (χ3n) is 4.46. The van der Waals surface area contributed by atoms with Crippen molar-refractivity contribution >= 4 is 33.4 Å². The van der Waals surface area contributed by atoms with Crippen molar-refractivity contribution in [3.63, 3.8) is 0 Å². The minimum Gasteiger partial charge on any atom is -0.376 e. The van der Waals surface area contributed by atoms with Gasteiger partial charge in [-0.15, -0.1) is 0 Å². The molecule has 144 valence electrons. The van der Waals surface area contributed by atoms with E-state index in [1.807, 2.05) is 13.8 Å². The van der Waals surface area contributed by atoms with Gasteiger partial charge in [-0.25, -0.2) is 0 Å². The number of halogens is 1. The Morgan fingerprint density at radius 1 is 1.33 bits per heavy atom. The molecule has 1 aromatic carbocycles. The summed E-state index contributed by atoms with van der Waals surface area (Å²) in [5, 5.41) is 12.6. The van der Waals surface area contributed by atoms with Gasteiger partial charge in [-0.05, 0) is 46.8 Å². The zero-order valence-corrected chi connectivity index (χ0v) is 16.9. The van der Waals surface area contributed by atoms with Crippen LogP contribution in [0.3, 0.4) is 0 Å². The summed E-state index contributed by atoms with van der Waals surface area (Å²) >= 11 is 3.43. The van der Waals surface area contributed by atoms with E-state index >= 15 is 0 Å². The minimum atomic E-state index is -0.385. The zero-order chi connectivity index (χ0) is 19.4. The van der Waals surface area contributed by atoms with Gasteiger partial charge in [0, 0.05) is 13.2 Å². The highest BCUT2D eigenvalue weighted by atomic mass is 79.9. The molecule has 1 unspecified atom stereocenters. The highest BCUT2D eigenvalue weighted by Gasteiger charge is 2.22. The van der Waals surface area contributed by atoms with Crippen LogP contribution in [0.5, 0.6) is 0 Å². The maximum atomic E-state index is 12.6. The average molecular weight is 435 g/mol. The lowest BCUT2D eigenvalue weighted by molar-refractivity contribution is 0.0858. The van der Waals surface area contributed by atoms with Gasteiger partial charge in [0.15, 0.2) is 5.69 Å². The van der Waals surface area contributed by atoms with Gasteiger partial charge >= 0.3 is 0 Å². The lowest BCUT2D eigenvalue weighted by Gasteiger charge is -2.13. The van der Waals surface area contributed by atoms with E-state index in [2.05, 4.69) is 36.8 Å². The van der Waals surface area contributed by atoms with Crippen LogP contribution < -0.4 is 10.6 Å². The van der Waals surface area contributed by atoms with Gasteiger partial charge < -0.3 is 15.4 Å². The fraction of sp³-hybridized carbons (Fsp3) is 0.421. The lowest BCUT2D eigenvalue weighted by atomic mass is 10.1. The topological polar surface area (TPSA) is 96.1 Å². The van der Waals surface area contributed by atoms with Crippen LogP contribution in [0.15, 0.2) is 28.7 Å². The maximum Gasteiger partial charge on any atom is 0.277 e. The van der Waals surface area contributed by atoms with Gasteiger partial charge in [-0.1, -0.05) is 26.0 Å². The number of carbonyl (C=O) groups excluding carboxylic acids is 2. The number of carbonyl (C=O) groups is 2. The summed E-state index contributed by atoms with van der Waals surface area (Å²) in [4.78, 5) is 25.2. The molecule has 1 aromatic heterocycles. The fourth-order valence-corrected chi connectivity index (χ4v) is 3.77. The standard InChI is InChI=1S/C19H23BrN4O3/c1-11(2)16-15(20)17(24-23-16)19(26)22-14-8-4-3-7-13(14)18(25)21-10-12-6-5-9-27-12/h3-4,7-8,11-12H,5-6,9-10H2,1-2H3,(H,21,25)(H,22,26)(H,23,24). The van der Waals surface area contributed by atoms with Crippen LogP contribution in [0.4, 0.5) is 5.69 Å². The van der Waals surface area contributed by atoms with Crippen molar-refractivity contribution in [3.8, 4) is 0 Å². The number of nitrogens with one attached hydrogen (secondary N) is 3. The quantitative estimate of drug-likeness (QED) is 0.648. The molecule has 1 saturated heterocycles. The Morgan fingerprint density at radius 2 is 2.11 bits per heavy atom. The van der Waals surface area contributed by atoms with Gasteiger partial charge in [-0.3, -0.25) is 14.7 Å². The van der Waals surface area contributed by atoms with Crippen molar-refractivity contribution in [2.75, 3.05) is 18.5 Å². The summed E-state index contributed by atoms with van der Waals surface area (Å²) in [6.45, 7) is 5.22. The molecule has 1 atom stereocenters. The van der Waals surface area contributed by atoms with Crippen molar-refractivity contribution < 1.29 is 14.3 Å². The number of aromatic nitrogens is 2. The summed E-state index contributed by atoms with van der Waals surface area (Å²) < 4.78 is 6.16. The number of anilines is 1. The fourth-order valence-electron chi connectivity index (χ4n) is 2.95. The number of H-pyrrole nitrogens is 1. The number of aromatic amines is 1. The Balaban J connectivity index is 1.71. The lowest BCUT2D eigenvalue weighted by Crippen LogP contribution is -2.32. The molecule has 8 heteroatoms. The van der Waals surface area contributed by atoms with Gasteiger partial charge in [0.1, 0.15) is 0 Å². The van der Waals surface area contributed by atoms with Crippen LogP contribution in [0, 0.1) is 0 Å². The normalized spacial score (nSPS) is 16.5. The van der Waals surface area contributed by atoms with Gasteiger partial charge in [0.2, 0.25) is 0 Å². The smallest absolute Gasteiger partial charge is 0.277 e. The monoisotopic (exact) mass is 434 g/mol. The van der Waals surface area contributed by atoms with Gasteiger partial charge in [0.05, 0.1) is 27.5 Å². The molecule has 2 amide bonds. The molecule has 1 fully saturated rings. The van der Waals surface area contributed by atoms with Gasteiger partial charge in [0.25, 0.3) is 11.8 Å². The molecule has 1 aliphatic rings. The SMILES string of the molecule is CC(C)c1[nH]nc(C(=O)Nc2ccccc2C(=O)NCC2CCCO2)c1Br. The van der Waals surface area contributed by atoms with Crippen LogP contribution in [0.25, 0.3) is 0 Å². The highest BCUT2D eigenvalue weighted by molar-refractivity contribution is 9.10. The predicted molar refractivity (Wildman–Crippen MR) is 106 cm³/mol. The van der Waals surface area contributed by atoms with Crippen molar-refractivity contribution in [1.82, 2.24) is 15.5 Å². The second-order valence-electron chi connectivity index (χ2n) is 6.80. The van der Waals surface area contributed by atoms with Crippen LogP contribution in [-0.2, 0) is 4.74 Å². The number of amides is 2. The number of rotatable bonds is 6. The van der Waals surface area contributed by atoms with Crippen molar-refractivity contribution in [3.05, 3.63) is 45.7 Å². The molecule has 0 saturated carbocycles. The molecule has 2 heterocycles. The number of nitrogens with zero attached hydrogens (tertiary/aromatic N) is 1. The van der Waals surface area contributed by atoms with E-state index in [4.69, 9.17) is 4.74 Å². The molecule has 7 nitrogen and oxygen atoms in total. The number of para-hydroxylation sites is 1. The first-order valence-corrected chi connectivity index (χ1v) is 9.80. The van der Waals surface area contributed by atoms with E-state index in [1.54, 1.807) is 24.3 Å². The highest BCUT2D eigenvalue weighted by Crippen LogP contribution is 2.26. The molecule has 2 aromatic rings. The second kappa shape index (κ2) is 8.67. The predicted octanol–water partition coefficient (Wildman–Crippen LogP) is 3.46. The molecule has 0 aliphatic carbocycles. The number of ether oxygens (including phenoxy) is 1. The van der Waals surface area contributed by atoms with Crippen LogP contribution >= 0.6 is 15.9 Å². The summed E-state index contributed by atoms with van der Waals surface area (Å²) in [6.07, 6.45) is 2.03. The molecule has 0 radical (unpaired) electrons. The first-order valence-electron chi connectivity index (χ1n) is 9.01. The number of hydrogen-bond donors (Lipinski definition) is 3. The molecule has 0 bridgehead atoms. The van der Waals surface area contributed by atoms with E-state index < -0.39 is 0 Å². The summed E-state index contributed by atoms with van der Waals surface area (Å²) in [5.74, 6) is -0.431. The van der Waals surface area contributed by atoms with Crippen molar-refractivity contribution in [2.45, 2.75) is 38.7 Å². The Morgan fingerprint density at radius 3 is 2.78 bits per heavy atom. The van der Waals surface area contributed by atoms with E-state index in [0.29, 0.717) is 22.3 Å². The van der Waals surface area contributed by atoms with Crippen LogP contribution in [0.2, 0.25) is 0 Å². The third kappa shape index (κ3) is 4.56. The van der Waals surface area contributed by atoms with E-state index in [9.17, 15) is 9.59 Å². The Hall–Kier alpha value is -2.19. The first-order chi connectivity index (χ1) is 13.0. The van der Waals surface area contributed by atoms with Crippen LogP contribution in [0.1, 0.15) is 59.1 Å². The Labute approximate surface area is 166 Å². The molecule has 1 aliphatic heterocycles. The van der Waals surface area contributed by atoms with E-state index in [0.717, 1.165) is 25.1 Å². The number of hydrogen-bond acceptors (Lipinski definition) is 4. The summed E-state index contributed by atoms with van der Waals surface area (Å²) in [5.41, 5.74) is 1.95. The Bertz CT molecular complexity index is 828. The number of benzene rings is 1. The maximum absolute atomic E-state index is 12.6. The third-order valence-corrected chi connectivity index (χ3v) is 5.26.